The lowest BCUT2D eigenvalue weighted by molar-refractivity contribution is 0.604. The molecule has 0 bridgehead atoms. The van der Waals surface area contributed by atoms with Crippen molar-refractivity contribution in [1.29, 1.82) is 0 Å². The molecule has 5 heteroatoms. The maximum absolute atomic E-state index is 6.24. The fraction of sp³-hybridized carbons (Fsp3) is 0.467. The molecule has 0 aliphatic heterocycles. The lowest BCUT2D eigenvalue weighted by Crippen LogP contribution is -2.07. The molecule has 0 N–H and O–H groups in total. The van der Waals surface area contributed by atoms with Crippen molar-refractivity contribution in [1.82, 2.24) is 9.97 Å². The summed E-state index contributed by atoms with van der Waals surface area (Å²) in [6, 6.07) is 4.26. The molecule has 0 unspecified atom stereocenters. The number of hydrogen-bond acceptors (Lipinski definition) is 3. The first-order valence-corrected chi connectivity index (χ1v) is 8.68. The van der Waals surface area contributed by atoms with Gasteiger partial charge in [0.2, 0.25) is 0 Å². The zero-order valence-electron chi connectivity index (χ0n) is 11.7. The van der Waals surface area contributed by atoms with Crippen LogP contribution in [-0.2, 0) is 5.41 Å². The van der Waals surface area contributed by atoms with Gasteiger partial charge in [-0.15, -0.1) is 11.3 Å². The summed E-state index contributed by atoms with van der Waals surface area (Å²) >= 11 is 11.5. The van der Waals surface area contributed by atoms with Gasteiger partial charge in [0.05, 0.1) is 15.0 Å². The average molecular weight is 372 g/mol. The van der Waals surface area contributed by atoms with E-state index in [1.165, 1.54) is 17.7 Å². The van der Waals surface area contributed by atoms with Crippen molar-refractivity contribution in [3.05, 3.63) is 32.3 Å². The molecule has 2 nitrogen and oxygen atoms in total. The zero-order chi connectivity index (χ0) is 14.5. The molecule has 1 fully saturated rings. The van der Waals surface area contributed by atoms with Gasteiger partial charge in [-0.1, -0.05) is 32.4 Å². The van der Waals surface area contributed by atoms with Gasteiger partial charge in [0, 0.05) is 10.8 Å². The minimum atomic E-state index is 0.154. The van der Waals surface area contributed by atoms with E-state index in [0.717, 1.165) is 20.9 Å². The van der Waals surface area contributed by atoms with E-state index in [1.54, 1.807) is 11.3 Å². The highest BCUT2D eigenvalue weighted by Gasteiger charge is 2.29. The molecular weight excluding hydrogens is 356 g/mol. The van der Waals surface area contributed by atoms with E-state index < -0.39 is 0 Å². The Morgan fingerprint density at radius 2 is 1.95 bits per heavy atom. The molecule has 0 spiro atoms. The maximum atomic E-state index is 6.24. The van der Waals surface area contributed by atoms with E-state index in [-0.39, 0.29) is 5.41 Å². The molecule has 106 valence electrons. The minimum absolute atomic E-state index is 0.154. The van der Waals surface area contributed by atoms with Crippen LogP contribution in [0, 0.1) is 0 Å². The van der Waals surface area contributed by atoms with Gasteiger partial charge in [0.15, 0.2) is 5.82 Å². The van der Waals surface area contributed by atoms with E-state index in [0.29, 0.717) is 11.1 Å². The summed E-state index contributed by atoms with van der Waals surface area (Å²) in [6.45, 7) is 6.65. The Bertz CT molecular complexity index is 656. The van der Waals surface area contributed by atoms with Gasteiger partial charge >= 0.3 is 0 Å². The van der Waals surface area contributed by atoms with Gasteiger partial charge in [-0.3, -0.25) is 0 Å². The van der Waals surface area contributed by atoms with Gasteiger partial charge in [-0.25, -0.2) is 9.97 Å². The van der Waals surface area contributed by atoms with E-state index in [9.17, 15) is 0 Å². The topological polar surface area (TPSA) is 25.8 Å². The molecule has 1 aliphatic rings. The molecule has 0 radical (unpaired) electrons. The third-order valence-corrected chi connectivity index (χ3v) is 6.16. The van der Waals surface area contributed by atoms with E-state index in [4.69, 9.17) is 16.6 Å². The highest BCUT2D eigenvalue weighted by Crippen LogP contribution is 2.44. The Kier molecular flexibility index (Phi) is 3.68. The minimum Gasteiger partial charge on any atom is -0.231 e. The summed E-state index contributed by atoms with van der Waals surface area (Å²) in [5.41, 5.74) is 1.22. The highest BCUT2D eigenvalue weighted by molar-refractivity contribution is 9.10. The predicted octanol–water partition coefficient (Wildman–Crippen LogP) is 5.80. The van der Waals surface area contributed by atoms with Gasteiger partial charge < -0.3 is 0 Å². The molecule has 2 aromatic heterocycles. The fourth-order valence-electron chi connectivity index (χ4n) is 2.03. The summed E-state index contributed by atoms with van der Waals surface area (Å²) in [6.07, 6.45) is 2.39. The summed E-state index contributed by atoms with van der Waals surface area (Å²) in [5.74, 6) is 1.30. The number of halogens is 2. The predicted molar refractivity (Wildman–Crippen MR) is 88.7 cm³/mol. The molecule has 1 aliphatic carbocycles. The third-order valence-electron chi connectivity index (χ3n) is 3.37. The van der Waals surface area contributed by atoms with Gasteiger partial charge in [-0.05, 0) is 46.3 Å². The Morgan fingerprint density at radius 1 is 1.25 bits per heavy atom. The molecule has 0 amide bonds. The lowest BCUT2D eigenvalue weighted by Gasteiger charge is -2.15. The van der Waals surface area contributed by atoms with E-state index in [2.05, 4.69) is 53.8 Å². The van der Waals surface area contributed by atoms with Gasteiger partial charge in [0.25, 0.3) is 0 Å². The van der Waals surface area contributed by atoms with Crippen LogP contribution in [0.15, 0.2) is 16.6 Å². The Morgan fingerprint density at radius 3 is 2.50 bits per heavy atom. The monoisotopic (exact) mass is 370 g/mol. The second-order valence-corrected chi connectivity index (χ2v) is 8.46. The quantitative estimate of drug-likeness (QED) is 0.624. The molecule has 2 heterocycles. The standard InChI is InChI=1S/C15H16BrClN2S/c1-15(2,3)10-7-6-9(20-10)14-18-12(8-4-5-8)11(16)13(17)19-14/h6-8H,4-5H2,1-3H3. The van der Waals surface area contributed by atoms with Crippen molar-refractivity contribution in [3.63, 3.8) is 0 Å². The molecule has 1 saturated carbocycles. The molecule has 20 heavy (non-hydrogen) atoms. The first-order valence-electron chi connectivity index (χ1n) is 6.70. The lowest BCUT2D eigenvalue weighted by atomic mass is 9.95. The number of rotatable bonds is 2. The Labute approximate surface area is 136 Å². The molecule has 2 aromatic rings. The van der Waals surface area contributed by atoms with Crippen LogP contribution in [0.25, 0.3) is 10.7 Å². The van der Waals surface area contributed by atoms with Crippen LogP contribution in [0.1, 0.15) is 50.1 Å². The van der Waals surface area contributed by atoms with Crippen molar-refractivity contribution in [2.75, 3.05) is 0 Å². The smallest absolute Gasteiger partial charge is 0.171 e. The van der Waals surface area contributed by atoms with Crippen LogP contribution in [-0.4, -0.2) is 9.97 Å². The third kappa shape index (κ3) is 2.78. The number of thiophene rings is 1. The van der Waals surface area contributed by atoms with Crippen molar-refractivity contribution in [2.24, 2.45) is 0 Å². The summed E-state index contributed by atoms with van der Waals surface area (Å²) in [4.78, 5) is 11.6. The molecule has 3 rings (SSSR count). The van der Waals surface area contributed by atoms with Crippen LogP contribution in [0.4, 0.5) is 0 Å². The summed E-state index contributed by atoms with van der Waals surface area (Å²) in [5, 5.41) is 0.516. The van der Waals surface area contributed by atoms with Crippen molar-refractivity contribution >= 4 is 38.9 Å². The van der Waals surface area contributed by atoms with Crippen molar-refractivity contribution in [3.8, 4) is 10.7 Å². The van der Waals surface area contributed by atoms with E-state index in [1.807, 2.05) is 0 Å². The van der Waals surface area contributed by atoms with Gasteiger partial charge in [-0.2, -0.15) is 0 Å². The number of hydrogen-bond donors (Lipinski definition) is 0. The van der Waals surface area contributed by atoms with Crippen LogP contribution >= 0.6 is 38.9 Å². The molecule has 0 atom stereocenters. The summed E-state index contributed by atoms with van der Waals surface area (Å²) < 4.78 is 0.859. The summed E-state index contributed by atoms with van der Waals surface area (Å²) in [7, 11) is 0. The second kappa shape index (κ2) is 5.08. The first kappa shape index (κ1) is 14.5. The number of aromatic nitrogens is 2. The first-order chi connectivity index (χ1) is 9.36. The van der Waals surface area contributed by atoms with Gasteiger partial charge in [0.1, 0.15) is 5.15 Å². The number of nitrogens with zero attached hydrogens (tertiary/aromatic N) is 2. The second-order valence-electron chi connectivity index (χ2n) is 6.23. The largest absolute Gasteiger partial charge is 0.231 e. The van der Waals surface area contributed by atoms with Crippen LogP contribution in [0.5, 0.6) is 0 Å². The average Bonchev–Trinajstić information content (AvgIpc) is 3.06. The highest BCUT2D eigenvalue weighted by atomic mass is 79.9. The van der Waals surface area contributed by atoms with Crippen molar-refractivity contribution < 1.29 is 0 Å². The zero-order valence-corrected chi connectivity index (χ0v) is 14.9. The maximum Gasteiger partial charge on any atom is 0.171 e. The molecule has 0 aromatic carbocycles. The van der Waals surface area contributed by atoms with Crippen molar-refractivity contribution in [2.45, 2.75) is 44.9 Å². The van der Waals surface area contributed by atoms with Crippen LogP contribution in [0.3, 0.4) is 0 Å². The van der Waals surface area contributed by atoms with Crippen LogP contribution < -0.4 is 0 Å². The normalized spacial score (nSPS) is 15.7. The Hall–Kier alpha value is -0.450. The Balaban J connectivity index is 2.04. The molecule has 0 saturated heterocycles. The molecular formula is C15H16BrClN2S. The fourth-order valence-corrected chi connectivity index (χ4v) is 3.71. The SMILES string of the molecule is CC(C)(C)c1ccc(-c2nc(Cl)c(Br)c(C3CC3)n2)s1. The van der Waals surface area contributed by atoms with Crippen LogP contribution in [0.2, 0.25) is 5.15 Å². The van der Waals surface area contributed by atoms with E-state index >= 15 is 0 Å².